The summed E-state index contributed by atoms with van der Waals surface area (Å²) < 4.78 is 0. The van der Waals surface area contributed by atoms with Crippen LogP contribution in [0.4, 0.5) is 5.82 Å². The van der Waals surface area contributed by atoms with Crippen molar-refractivity contribution in [2.45, 2.75) is 59.4 Å². The minimum Gasteiger partial charge on any atom is -0.369 e. The summed E-state index contributed by atoms with van der Waals surface area (Å²) in [6.45, 7) is 12.3. The van der Waals surface area contributed by atoms with E-state index in [0.29, 0.717) is 29.8 Å². The number of halogens is 1. The van der Waals surface area contributed by atoms with Crippen LogP contribution in [0.3, 0.4) is 0 Å². The highest BCUT2D eigenvalue weighted by molar-refractivity contribution is 6.30. The molecule has 1 heterocycles. The molecule has 0 aromatic carbocycles. The van der Waals surface area contributed by atoms with E-state index in [4.69, 9.17) is 11.6 Å². The molecule has 1 aromatic rings. The van der Waals surface area contributed by atoms with E-state index in [1.54, 1.807) is 0 Å². The first-order chi connectivity index (χ1) is 9.60. The minimum atomic E-state index is -0.212. The van der Waals surface area contributed by atoms with Crippen molar-refractivity contribution in [3.63, 3.8) is 0 Å². The van der Waals surface area contributed by atoms with Crippen molar-refractivity contribution in [1.82, 2.24) is 15.3 Å². The SMILES string of the molecule is Cc1c(Cl)nc(C(C)C)nc1NCCC(=O)NC(C)(C)C. The lowest BCUT2D eigenvalue weighted by Gasteiger charge is -2.20. The van der Waals surface area contributed by atoms with Gasteiger partial charge in [-0.2, -0.15) is 0 Å². The molecule has 0 saturated heterocycles. The molecule has 0 atom stereocenters. The van der Waals surface area contributed by atoms with Gasteiger partial charge in [0.2, 0.25) is 5.91 Å². The summed E-state index contributed by atoms with van der Waals surface area (Å²) in [7, 11) is 0. The van der Waals surface area contributed by atoms with Gasteiger partial charge in [-0.3, -0.25) is 4.79 Å². The van der Waals surface area contributed by atoms with Gasteiger partial charge >= 0.3 is 0 Å². The van der Waals surface area contributed by atoms with E-state index >= 15 is 0 Å². The third kappa shape index (κ3) is 5.87. The van der Waals surface area contributed by atoms with Gasteiger partial charge in [0.05, 0.1) is 0 Å². The zero-order valence-electron chi connectivity index (χ0n) is 13.7. The molecule has 0 aliphatic rings. The number of nitrogens with zero attached hydrogens (tertiary/aromatic N) is 2. The van der Waals surface area contributed by atoms with Crippen LogP contribution in [0.2, 0.25) is 5.15 Å². The first kappa shape index (κ1) is 17.7. The maximum Gasteiger partial charge on any atom is 0.222 e. The van der Waals surface area contributed by atoms with Crippen LogP contribution in [-0.4, -0.2) is 28.0 Å². The Balaban J connectivity index is 2.65. The summed E-state index contributed by atoms with van der Waals surface area (Å²) >= 11 is 6.12. The normalized spacial score (nSPS) is 11.6. The number of rotatable bonds is 5. The maximum atomic E-state index is 11.8. The van der Waals surface area contributed by atoms with E-state index in [2.05, 4.69) is 20.6 Å². The fourth-order valence-corrected chi connectivity index (χ4v) is 1.89. The predicted octanol–water partition coefficient (Wildman–Crippen LogP) is 3.28. The van der Waals surface area contributed by atoms with Crippen LogP contribution in [0.15, 0.2) is 0 Å². The summed E-state index contributed by atoms with van der Waals surface area (Å²) in [5.41, 5.74) is 0.591. The van der Waals surface area contributed by atoms with Crippen LogP contribution in [-0.2, 0) is 4.79 Å². The van der Waals surface area contributed by atoms with E-state index in [1.807, 2.05) is 41.5 Å². The standard InChI is InChI=1S/C15H25ClN4O/c1-9(2)13-18-12(16)10(3)14(19-13)17-8-7-11(21)20-15(4,5)6/h9H,7-8H2,1-6H3,(H,20,21)(H,17,18,19). The number of hydrogen-bond acceptors (Lipinski definition) is 4. The number of hydrogen-bond donors (Lipinski definition) is 2. The molecule has 0 bridgehead atoms. The van der Waals surface area contributed by atoms with Crippen LogP contribution in [0, 0.1) is 6.92 Å². The van der Waals surface area contributed by atoms with Gasteiger partial charge in [-0.05, 0) is 27.7 Å². The monoisotopic (exact) mass is 312 g/mol. The molecule has 1 rings (SSSR count). The number of carbonyl (C=O) groups is 1. The Hall–Kier alpha value is -1.36. The second-order valence-electron chi connectivity index (χ2n) is 6.48. The quantitative estimate of drug-likeness (QED) is 0.819. The predicted molar refractivity (Wildman–Crippen MR) is 86.9 cm³/mol. The average Bonchev–Trinajstić information content (AvgIpc) is 2.31. The Bertz CT molecular complexity index is 509. The Morgan fingerprint density at radius 3 is 2.43 bits per heavy atom. The van der Waals surface area contributed by atoms with Gasteiger partial charge in [0, 0.05) is 30.0 Å². The second kappa shape index (κ2) is 7.07. The molecule has 6 heteroatoms. The van der Waals surface area contributed by atoms with Crippen molar-refractivity contribution < 1.29 is 4.79 Å². The molecule has 0 radical (unpaired) electrons. The Kier molecular flexibility index (Phi) is 5.96. The van der Waals surface area contributed by atoms with Crippen LogP contribution >= 0.6 is 11.6 Å². The largest absolute Gasteiger partial charge is 0.369 e. The zero-order valence-corrected chi connectivity index (χ0v) is 14.4. The molecular formula is C15H25ClN4O. The summed E-state index contributed by atoms with van der Waals surface area (Å²) in [4.78, 5) is 20.5. The van der Waals surface area contributed by atoms with Gasteiger partial charge in [-0.15, -0.1) is 0 Å². The first-order valence-electron chi connectivity index (χ1n) is 7.19. The smallest absolute Gasteiger partial charge is 0.222 e. The van der Waals surface area contributed by atoms with E-state index in [1.165, 1.54) is 0 Å². The van der Waals surface area contributed by atoms with Gasteiger partial charge in [0.25, 0.3) is 0 Å². The van der Waals surface area contributed by atoms with Crippen molar-refractivity contribution in [2.24, 2.45) is 0 Å². The average molecular weight is 313 g/mol. The van der Waals surface area contributed by atoms with Gasteiger partial charge in [0.1, 0.15) is 16.8 Å². The summed E-state index contributed by atoms with van der Waals surface area (Å²) in [6.07, 6.45) is 0.384. The van der Waals surface area contributed by atoms with Crippen molar-refractivity contribution in [3.05, 3.63) is 16.5 Å². The van der Waals surface area contributed by atoms with Crippen molar-refractivity contribution >= 4 is 23.3 Å². The number of nitrogens with one attached hydrogen (secondary N) is 2. The molecule has 0 fully saturated rings. The molecule has 0 unspecified atom stereocenters. The van der Waals surface area contributed by atoms with Gasteiger partial charge in [-0.1, -0.05) is 25.4 Å². The van der Waals surface area contributed by atoms with Crippen LogP contribution in [0.25, 0.3) is 0 Å². The Morgan fingerprint density at radius 2 is 1.90 bits per heavy atom. The first-order valence-corrected chi connectivity index (χ1v) is 7.57. The number of amides is 1. The van der Waals surface area contributed by atoms with Crippen LogP contribution in [0.5, 0.6) is 0 Å². The Morgan fingerprint density at radius 1 is 1.29 bits per heavy atom. The highest BCUT2D eigenvalue weighted by atomic mass is 35.5. The van der Waals surface area contributed by atoms with Crippen molar-refractivity contribution in [1.29, 1.82) is 0 Å². The lowest BCUT2D eigenvalue weighted by molar-refractivity contribution is -0.122. The van der Waals surface area contributed by atoms with Crippen LogP contribution in [0.1, 0.15) is 58.3 Å². The van der Waals surface area contributed by atoms with Crippen molar-refractivity contribution in [2.75, 3.05) is 11.9 Å². The van der Waals surface area contributed by atoms with E-state index in [-0.39, 0.29) is 17.4 Å². The number of anilines is 1. The zero-order chi connectivity index (χ0) is 16.2. The fourth-order valence-electron chi connectivity index (χ4n) is 1.71. The summed E-state index contributed by atoms with van der Waals surface area (Å²) in [5, 5.41) is 6.55. The lowest BCUT2D eigenvalue weighted by Crippen LogP contribution is -2.41. The fraction of sp³-hybridized carbons (Fsp3) is 0.667. The Labute approximate surface area is 131 Å². The maximum absolute atomic E-state index is 11.8. The molecule has 0 aliphatic carbocycles. The minimum absolute atomic E-state index is 0.0110. The highest BCUT2D eigenvalue weighted by Gasteiger charge is 2.14. The molecule has 118 valence electrons. The molecule has 0 saturated carbocycles. The van der Waals surface area contributed by atoms with Gasteiger partial charge in [0.15, 0.2) is 0 Å². The molecule has 0 aliphatic heterocycles. The molecule has 2 N–H and O–H groups in total. The molecule has 21 heavy (non-hydrogen) atoms. The van der Waals surface area contributed by atoms with E-state index in [0.717, 1.165) is 5.56 Å². The van der Waals surface area contributed by atoms with E-state index < -0.39 is 0 Å². The molecular weight excluding hydrogens is 288 g/mol. The molecule has 1 aromatic heterocycles. The highest BCUT2D eigenvalue weighted by Crippen LogP contribution is 2.22. The van der Waals surface area contributed by atoms with Crippen LogP contribution < -0.4 is 10.6 Å². The summed E-state index contributed by atoms with van der Waals surface area (Å²) in [5.74, 6) is 1.61. The van der Waals surface area contributed by atoms with Gasteiger partial charge < -0.3 is 10.6 Å². The number of aromatic nitrogens is 2. The van der Waals surface area contributed by atoms with Gasteiger partial charge in [-0.25, -0.2) is 9.97 Å². The van der Waals surface area contributed by atoms with E-state index in [9.17, 15) is 4.79 Å². The topological polar surface area (TPSA) is 66.9 Å². The third-order valence-electron chi connectivity index (χ3n) is 2.78. The molecule has 1 amide bonds. The summed E-state index contributed by atoms with van der Waals surface area (Å²) in [6, 6.07) is 0. The van der Waals surface area contributed by atoms with Crippen molar-refractivity contribution in [3.8, 4) is 0 Å². The molecule has 5 nitrogen and oxygen atoms in total. The lowest BCUT2D eigenvalue weighted by atomic mass is 10.1. The second-order valence-corrected chi connectivity index (χ2v) is 6.83. The number of carbonyl (C=O) groups excluding carboxylic acids is 1. The third-order valence-corrected chi connectivity index (χ3v) is 3.15. The molecule has 0 spiro atoms.